The van der Waals surface area contributed by atoms with Crippen LogP contribution in [0.25, 0.3) is 11.2 Å². The largest absolute Gasteiger partial charge is 0.468 e. The van der Waals surface area contributed by atoms with Crippen LogP contribution in [0.3, 0.4) is 0 Å². The Morgan fingerprint density at radius 2 is 2.04 bits per heavy atom. The van der Waals surface area contributed by atoms with Gasteiger partial charge in [-0.25, -0.2) is 9.78 Å². The van der Waals surface area contributed by atoms with Gasteiger partial charge in [-0.05, 0) is 18.6 Å². The van der Waals surface area contributed by atoms with Crippen molar-refractivity contribution in [2.45, 2.75) is 13.5 Å². The van der Waals surface area contributed by atoms with E-state index >= 15 is 0 Å². The van der Waals surface area contributed by atoms with Crippen molar-refractivity contribution in [2.75, 3.05) is 26.6 Å². The third-order valence-electron chi connectivity index (χ3n) is 3.58. The molecular weight excluding hydrogens is 340 g/mol. The average molecular weight is 358 g/mol. The van der Waals surface area contributed by atoms with E-state index in [1.807, 2.05) is 6.92 Å². The first kappa shape index (κ1) is 17.4. The van der Waals surface area contributed by atoms with E-state index in [9.17, 15) is 4.79 Å². The van der Waals surface area contributed by atoms with Crippen LogP contribution in [0.15, 0.2) is 18.3 Å². The van der Waals surface area contributed by atoms with E-state index in [-0.39, 0.29) is 17.5 Å². The maximum atomic E-state index is 11.5. The number of anilines is 1. The number of carbonyl (C=O) groups is 1. The Bertz CT molecular complexity index is 938. The van der Waals surface area contributed by atoms with Crippen LogP contribution < -0.4 is 15.2 Å². The summed E-state index contributed by atoms with van der Waals surface area (Å²) >= 11 is 0. The van der Waals surface area contributed by atoms with Gasteiger partial charge in [-0.15, -0.1) is 0 Å². The van der Waals surface area contributed by atoms with E-state index in [4.69, 9.17) is 15.2 Å². The van der Waals surface area contributed by atoms with Gasteiger partial charge in [0.1, 0.15) is 5.69 Å². The van der Waals surface area contributed by atoms with Gasteiger partial charge in [0.2, 0.25) is 0 Å². The second-order valence-corrected chi connectivity index (χ2v) is 5.22. The number of nitrogen functional groups attached to an aromatic ring is 1. The highest BCUT2D eigenvalue weighted by Gasteiger charge is 2.18. The average Bonchev–Trinajstić information content (AvgIpc) is 3.00. The Morgan fingerprint density at radius 1 is 1.23 bits per heavy atom. The summed E-state index contributed by atoms with van der Waals surface area (Å²) in [5.74, 6) is -0.293. The molecule has 136 valence electrons. The van der Waals surface area contributed by atoms with Gasteiger partial charge >= 0.3 is 12.0 Å². The lowest BCUT2D eigenvalue weighted by Gasteiger charge is -2.08. The van der Waals surface area contributed by atoms with Crippen molar-refractivity contribution in [1.29, 1.82) is 0 Å². The summed E-state index contributed by atoms with van der Waals surface area (Å²) in [7, 11) is 2.81. The van der Waals surface area contributed by atoms with Gasteiger partial charge < -0.3 is 19.9 Å². The predicted octanol–water partition coefficient (Wildman–Crippen LogP) is 1.05. The second-order valence-electron chi connectivity index (χ2n) is 5.22. The first-order valence-corrected chi connectivity index (χ1v) is 7.81. The van der Waals surface area contributed by atoms with Crippen molar-refractivity contribution < 1.29 is 19.0 Å². The third-order valence-corrected chi connectivity index (χ3v) is 3.58. The van der Waals surface area contributed by atoms with Crippen molar-refractivity contribution >= 4 is 23.0 Å². The number of hydrogen-bond acceptors (Lipinski definition) is 9. The lowest BCUT2D eigenvalue weighted by atomic mass is 10.2. The monoisotopic (exact) mass is 358 g/mol. The number of rotatable bonds is 6. The molecule has 0 bridgehead atoms. The fourth-order valence-electron chi connectivity index (χ4n) is 2.40. The SMILES string of the molecule is CCOc1nc(N)c2nc(OC)n(Cc3ccc(C(=O)OC)nc3)c2n1. The molecule has 0 unspecified atom stereocenters. The molecule has 0 aliphatic carbocycles. The molecule has 10 heteroatoms. The van der Waals surface area contributed by atoms with Crippen molar-refractivity contribution in [3.8, 4) is 12.0 Å². The summed E-state index contributed by atoms with van der Waals surface area (Å²) in [6.07, 6.45) is 1.57. The highest BCUT2D eigenvalue weighted by molar-refractivity contribution is 5.87. The number of fused-ring (bicyclic) bond motifs is 1. The number of esters is 1. The number of hydrogen-bond donors (Lipinski definition) is 1. The second kappa shape index (κ2) is 7.21. The zero-order valence-electron chi connectivity index (χ0n) is 14.6. The van der Waals surface area contributed by atoms with E-state index in [1.165, 1.54) is 14.2 Å². The molecule has 0 saturated heterocycles. The number of nitrogens with two attached hydrogens (primary N) is 1. The fourth-order valence-corrected chi connectivity index (χ4v) is 2.40. The number of pyridine rings is 1. The number of methoxy groups -OCH3 is 2. The van der Waals surface area contributed by atoms with Gasteiger partial charge in [0.15, 0.2) is 17.0 Å². The van der Waals surface area contributed by atoms with Gasteiger partial charge in [0.05, 0.1) is 27.4 Å². The smallest absolute Gasteiger partial charge is 0.356 e. The molecule has 0 aromatic carbocycles. The third kappa shape index (κ3) is 3.21. The molecule has 0 aliphatic rings. The molecule has 3 rings (SSSR count). The summed E-state index contributed by atoms with van der Waals surface area (Å²) in [6, 6.07) is 3.84. The Hall–Kier alpha value is -3.43. The van der Waals surface area contributed by atoms with Crippen molar-refractivity contribution in [3.63, 3.8) is 0 Å². The molecule has 26 heavy (non-hydrogen) atoms. The minimum Gasteiger partial charge on any atom is -0.468 e. The van der Waals surface area contributed by atoms with E-state index in [0.29, 0.717) is 30.3 Å². The Balaban J connectivity index is 2.01. The molecular formula is C16H18N6O4. The van der Waals surface area contributed by atoms with Crippen molar-refractivity contribution in [1.82, 2.24) is 24.5 Å². The van der Waals surface area contributed by atoms with Gasteiger partial charge in [0.25, 0.3) is 6.01 Å². The lowest BCUT2D eigenvalue weighted by Crippen LogP contribution is -2.08. The maximum Gasteiger partial charge on any atom is 0.356 e. The fraction of sp³-hybridized carbons (Fsp3) is 0.312. The van der Waals surface area contributed by atoms with Gasteiger partial charge in [-0.2, -0.15) is 15.0 Å². The molecule has 0 radical (unpaired) electrons. The van der Waals surface area contributed by atoms with Crippen LogP contribution in [-0.4, -0.2) is 51.3 Å². The van der Waals surface area contributed by atoms with E-state index < -0.39 is 5.97 Å². The van der Waals surface area contributed by atoms with Crippen LogP contribution in [-0.2, 0) is 11.3 Å². The zero-order chi connectivity index (χ0) is 18.7. The summed E-state index contributed by atoms with van der Waals surface area (Å²) in [5.41, 5.74) is 7.90. The van der Waals surface area contributed by atoms with Gasteiger partial charge in [-0.3, -0.25) is 4.57 Å². The first-order valence-electron chi connectivity index (χ1n) is 7.81. The standard InChI is InChI=1S/C16H18N6O4/c1-4-26-15-20-12(17)11-13(21-15)22(16(19-11)25-3)8-9-5-6-10(18-7-9)14(23)24-2/h5-7H,4,8H2,1-3H3,(H2,17,20,21). The summed E-state index contributed by atoms with van der Waals surface area (Å²) < 4.78 is 17.1. The number of imidazole rings is 1. The Labute approximate surface area is 148 Å². The van der Waals surface area contributed by atoms with Crippen LogP contribution in [0.4, 0.5) is 5.82 Å². The molecule has 3 aromatic heterocycles. The van der Waals surface area contributed by atoms with E-state index in [0.717, 1.165) is 5.56 Å². The molecule has 0 fully saturated rings. The van der Waals surface area contributed by atoms with Crippen LogP contribution in [0, 0.1) is 0 Å². The van der Waals surface area contributed by atoms with Crippen LogP contribution in [0.2, 0.25) is 0 Å². The molecule has 0 atom stereocenters. The van der Waals surface area contributed by atoms with Crippen LogP contribution in [0.5, 0.6) is 12.0 Å². The topological polar surface area (TPSA) is 127 Å². The number of nitrogens with zero attached hydrogens (tertiary/aromatic N) is 5. The minimum absolute atomic E-state index is 0.167. The molecule has 0 aliphatic heterocycles. The molecule has 3 aromatic rings. The Kier molecular flexibility index (Phi) is 4.83. The summed E-state index contributed by atoms with van der Waals surface area (Å²) in [5, 5.41) is 0. The van der Waals surface area contributed by atoms with E-state index in [1.54, 1.807) is 22.9 Å². The predicted molar refractivity (Wildman–Crippen MR) is 92.1 cm³/mol. The van der Waals surface area contributed by atoms with E-state index in [2.05, 4.69) is 24.7 Å². The quantitative estimate of drug-likeness (QED) is 0.643. The lowest BCUT2D eigenvalue weighted by molar-refractivity contribution is 0.0594. The molecule has 10 nitrogen and oxygen atoms in total. The van der Waals surface area contributed by atoms with Crippen molar-refractivity contribution in [3.05, 3.63) is 29.6 Å². The summed E-state index contributed by atoms with van der Waals surface area (Å²) in [6.45, 7) is 2.60. The number of aromatic nitrogens is 5. The van der Waals surface area contributed by atoms with Gasteiger partial charge in [-0.1, -0.05) is 6.07 Å². The zero-order valence-corrected chi connectivity index (χ0v) is 14.6. The molecule has 0 spiro atoms. The summed E-state index contributed by atoms with van der Waals surface area (Å²) in [4.78, 5) is 28.4. The highest BCUT2D eigenvalue weighted by Crippen LogP contribution is 2.26. The normalized spacial score (nSPS) is 10.7. The van der Waals surface area contributed by atoms with Gasteiger partial charge in [0, 0.05) is 6.20 Å². The number of carbonyl (C=O) groups excluding carboxylic acids is 1. The van der Waals surface area contributed by atoms with Crippen LogP contribution in [0.1, 0.15) is 23.0 Å². The van der Waals surface area contributed by atoms with Crippen molar-refractivity contribution in [2.24, 2.45) is 0 Å². The molecule has 0 amide bonds. The number of ether oxygens (including phenoxy) is 3. The Morgan fingerprint density at radius 3 is 2.65 bits per heavy atom. The molecule has 3 heterocycles. The first-order chi connectivity index (χ1) is 12.6. The minimum atomic E-state index is -0.496. The highest BCUT2D eigenvalue weighted by atomic mass is 16.5. The maximum absolute atomic E-state index is 11.5. The molecule has 0 saturated carbocycles. The van der Waals surface area contributed by atoms with Crippen LogP contribution >= 0.6 is 0 Å². The molecule has 2 N–H and O–H groups in total.